The highest BCUT2D eigenvalue weighted by Gasteiger charge is 2.21. The monoisotopic (exact) mass is 297 g/mol. The molecule has 2 aromatic carbocycles. The van der Waals surface area contributed by atoms with E-state index >= 15 is 0 Å². The number of benzene rings is 2. The van der Waals surface area contributed by atoms with Gasteiger partial charge in [-0.1, -0.05) is 30.3 Å². The van der Waals surface area contributed by atoms with Crippen LogP contribution in [0.1, 0.15) is 18.4 Å². The summed E-state index contributed by atoms with van der Waals surface area (Å²) in [7, 11) is 0. The lowest BCUT2D eigenvalue weighted by atomic mass is 10.1. The summed E-state index contributed by atoms with van der Waals surface area (Å²) < 4.78 is 11.5. The minimum Gasteiger partial charge on any atom is -0.486 e. The van der Waals surface area contributed by atoms with E-state index in [-0.39, 0.29) is 12.0 Å². The van der Waals surface area contributed by atoms with Gasteiger partial charge in [-0.2, -0.15) is 0 Å². The molecule has 0 bridgehead atoms. The molecule has 0 spiro atoms. The summed E-state index contributed by atoms with van der Waals surface area (Å²) in [4.78, 5) is 12.0. The zero-order valence-electron chi connectivity index (χ0n) is 12.5. The quantitative estimate of drug-likeness (QED) is 0.938. The van der Waals surface area contributed by atoms with Gasteiger partial charge in [-0.3, -0.25) is 4.79 Å². The third-order valence-corrected chi connectivity index (χ3v) is 3.68. The number of para-hydroxylation sites is 3. The normalized spacial score (nSPS) is 16.1. The van der Waals surface area contributed by atoms with Gasteiger partial charge in [0.1, 0.15) is 12.7 Å². The maximum absolute atomic E-state index is 12.0. The topological polar surface area (TPSA) is 47.6 Å². The summed E-state index contributed by atoms with van der Waals surface area (Å²) in [6.45, 7) is 2.46. The first-order valence-corrected chi connectivity index (χ1v) is 7.46. The van der Waals surface area contributed by atoms with E-state index in [4.69, 9.17) is 9.47 Å². The van der Waals surface area contributed by atoms with Crippen molar-refractivity contribution in [2.45, 2.75) is 25.9 Å². The predicted octanol–water partition coefficient (Wildman–Crippen LogP) is 3.55. The van der Waals surface area contributed by atoms with Crippen LogP contribution in [0.2, 0.25) is 0 Å². The summed E-state index contributed by atoms with van der Waals surface area (Å²) in [6, 6.07) is 15.3. The number of carbonyl (C=O) groups is 1. The van der Waals surface area contributed by atoms with Crippen LogP contribution in [-0.2, 0) is 4.79 Å². The van der Waals surface area contributed by atoms with E-state index < -0.39 is 0 Å². The number of carbonyl (C=O) groups excluding carboxylic acids is 1. The summed E-state index contributed by atoms with van der Waals surface area (Å²) in [6.07, 6.45) is 0.953. The number of aryl methyl sites for hydroxylation is 1. The molecule has 1 heterocycles. The zero-order chi connectivity index (χ0) is 15.4. The van der Waals surface area contributed by atoms with E-state index in [9.17, 15) is 4.79 Å². The van der Waals surface area contributed by atoms with Crippen LogP contribution in [0.4, 0.5) is 5.69 Å². The number of hydrogen-bond acceptors (Lipinski definition) is 3. The molecule has 0 aromatic heterocycles. The van der Waals surface area contributed by atoms with Crippen molar-refractivity contribution in [3.05, 3.63) is 54.1 Å². The average Bonchev–Trinajstić information content (AvgIpc) is 2.55. The van der Waals surface area contributed by atoms with Gasteiger partial charge in [0.15, 0.2) is 11.5 Å². The second kappa shape index (κ2) is 6.52. The van der Waals surface area contributed by atoms with E-state index in [1.54, 1.807) is 0 Å². The Morgan fingerprint density at radius 3 is 2.68 bits per heavy atom. The summed E-state index contributed by atoms with van der Waals surface area (Å²) in [5, 5.41) is 2.93. The Kier molecular flexibility index (Phi) is 4.28. The van der Waals surface area contributed by atoms with Gasteiger partial charge >= 0.3 is 0 Å². The lowest BCUT2D eigenvalue weighted by Crippen LogP contribution is -2.30. The van der Waals surface area contributed by atoms with Crippen molar-refractivity contribution in [2.24, 2.45) is 0 Å². The number of anilines is 1. The average molecular weight is 297 g/mol. The molecule has 2 aromatic rings. The molecule has 0 saturated carbocycles. The van der Waals surface area contributed by atoms with E-state index in [0.29, 0.717) is 19.4 Å². The predicted molar refractivity (Wildman–Crippen MR) is 85.4 cm³/mol. The minimum absolute atomic E-state index is 0.00300. The Labute approximate surface area is 130 Å². The van der Waals surface area contributed by atoms with Crippen LogP contribution in [0.25, 0.3) is 0 Å². The molecule has 0 unspecified atom stereocenters. The maximum atomic E-state index is 12.0. The third kappa shape index (κ3) is 3.39. The SMILES string of the molecule is Cc1ccccc1NC(=O)CC[C@@H]1COc2ccccc2O1. The van der Waals surface area contributed by atoms with Gasteiger partial charge in [0.2, 0.25) is 5.91 Å². The molecule has 22 heavy (non-hydrogen) atoms. The van der Waals surface area contributed by atoms with Crippen LogP contribution in [0.15, 0.2) is 48.5 Å². The van der Waals surface area contributed by atoms with Crippen LogP contribution >= 0.6 is 0 Å². The molecule has 1 amide bonds. The highest BCUT2D eigenvalue weighted by molar-refractivity contribution is 5.91. The Morgan fingerprint density at radius 1 is 1.14 bits per heavy atom. The largest absolute Gasteiger partial charge is 0.486 e. The summed E-state index contributed by atoms with van der Waals surface area (Å²) >= 11 is 0. The fourth-order valence-corrected chi connectivity index (χ4v) is 2.42. The number of amides is 1. The molecule has 4 heteroatoms. The Balaban J connectivity index is 1.51. The number of fused-ring (bicyclic) bond motifs is 1. The number of nitrogens with one attached hydrogen (secondary N) is 1. The molecular weight excluding hydrogens is 278 g/mol. The molecular formula is C18H19NO3. The highest BCUT2D eigenvalue weighted by Crippen LogP contribution is 2.31. The molecule has 0 saturated heterocycles. The van der Waals surface area contributed by atoms with Gasteiger partial charge in [-0.15, -0.1) is 0 Å². The van der Waals surface area contributed by atoms with Gasteiger partial charge in [0.25, 0.3) is 0 Å². The van der Waals surface area contributed by atoms with Crippen LogP contribution in [0.5, 0.6) is 11.5 Å². The highest BCUT2D eigenvalue weighted by atomic mass is 16.6. The molecule has 3 rings (SSSR count). The molecule has 1 atom stereocenters. The van der Waals surface area contributed by atoms with Gasteiger partial charge in [0.05, 0.1) is 0 Å². The smallest absolute Gasteiger partial charge is 0.224 e. The Morgan fingerprint density at radius 2 is 1.86 bits per heavy atom. The summed E-state index contributed by atoms with van der Waals surface area (Å²) in [5.74, 6) is 1.51. The van der Waals surface area contributed by atoms with E-state index in [2.05, 4.69) is 5.32 Å². The molecule has 1 N–H and O–H groups in total. The first-order chi connectivity index (χ1) is 10.7. The number of ether oxygens (including phenoxy) is 2. The van der Waals surface area contributed by atoms with Crippen molar-refractivity contribution in [1.29, 1.82) is 0 Å². The van der Waals surface area contributed by atoms with Crippen molar-refractivity contribution < 1.29 is 14.3 Å². The lowest BCUT2D eigenvalue weighted by molar-refractivity contribution is -0.116. The third-order valence-electron chi connectivity index (χ3n) is 3.68. The van der Waals surface area contributed by atoms with Crippen LogP contribution < -0.4 is 14.8 Å². The number of rotatable bonds is 4. The van der Waals surface area contributed by atoms with Crippen molar-refractivity contribution in [3.63, 3.8) is 0 Å². The summed E-state index contributed by atoms with van der Waals surface area (Å²) in [5.41, 5.74) is 1.92. The van der Waals surface area contributed by atoms with Gasteiger partial charge in [0, 0.05) is 12.1 Å². The van der Waals surface area contributed by atoms with Crippen molar-refractivity contribution in [2.75, 3.05) is 11.9 Å². The second-order valence-electron chi connectivity index (χ2n) is 5.40. The van der Waals surface area contributed by atoms with E-state index in [0.717, 1.165) is 22.7 Å². The number of hydrogen-bond donors (Lipinski definition) is 1. The van der Waals surface area contributed by atoms with Crippen LogP contribution in [0, 0.1) is 6.92 Å². The van der Waals surface area contributed by atoms with Crippen molar-refractivity contribution in [3.8, 4) is 11.5 Å². The first kappa shape index (κ1) is 14.4. The van der Waals surface area contributed by atoms with Gasteiger partial charge in [-0.25, -0.2) is 0 Å². The van der Waals surface area contributed by atoms with Gasteiger partial charge < -0.3 is 14.8 Å². The fourth-order valence-electron chi connectivity index (χ4n) is 2.42. The fraction of sp³-hybridized carbons (Fsp3) is 0.278. The first-order valence-electron chi connectivity index (χ1n) is 7.46. The second-order valence-corrected chi connectivity index (χ2v) is 5.40. The maximum Gasteiger partial charge on any atom is 0.224 e. The lowest BCUT2D eigenvalue weighted by Gasteiger charge is -2.26. The van der Waals surface area contributed by atoms with Crippen LogP contribution in [0.3, 0.4) is 0 Å². The van der Waals surface area contributed by atoms with Crippen LogP contribution in [-0.4, -0.2) is 18.6 Å². The standard InChI is InChI=1S/C18H19NO3/c1-13-6-2-3-7-15(13)19-18(20)11-10-14-12-21-16-8-4-5-9-17(16)22-14/h2-9,14H,10-12H2,1H3,(H,19,20)/t14-/m1/s1. The molecule has 1 aliphatic rings. The van der Waals surface area contributed by atoms with E-state index in [1.165, 1.54) is 0 Å². The molecule has 0 radical (unpaired) electrons. The minimum atomic E-state index is -0.0856. The van der Waals surface area contributed by atoms with Gasteiger partial charge in [-0.05, 0) is 37.1 Å². The Bertz CT molecular complexity index is 669. The van der Waals surface area contributed by atoms with Crippen molar-refractivity contribution >= 4 is 11.6 Å². The molecule has 0 fully saturated rings. The van der Waals surface area contributed by atoms with Crippen molar-refractivity contribution in [1.82, 2.24) is 0 Å². The molecule has 0 aliphatic carbocycles. The molecule has 114 valence electrons. The Hall–Kier alpha value is -2.49. The zero-order valence-corrected chi connectivity index (χ0v) is 12.5. The molecule has 4 nitrogen and oxygen atoms in total. The van der Waals surface area contributed by atoms with E-state index in [1.807, 2.05) is 55.5 Å². The molecule has 1 aliphatic heterocycles.